The van der Waals surface area contributed by atoms with Crippen LogP contribution >= 0.6 is 0 Å². The average Bonchev–Trinajstić information content (AvgIpc) is 3.24. The van der Waals surface area contributed by atoms with E-state index in [9.17, 15) is 24.0 Å². The summed E-state index contributed by atoms with van der Waals surface area (Å²) in [5, 5.41) is 9.56. The molecular formula is C30H34N6O7. The fourth-order valence-electron chi connectivity index (χ4n) is 4.09. The van der Waals surface area contributed by atoms with Crippen molar-refractivity contribution in [1.29, 1.82) is 0 Å². The van der Waals surface area contributed by atoms with Crippen LogP contribution in [-0.4, -0.2) is 71.1 Å². The number of imide groups is 1. The van der Waals surface area contributed by atoms with E-state index >= 15 is 0 Å². The number of hydrazine groups is 1. The summed E-state index contributed by atoms with van der Waals surface area (Å²) in [6.07, 6.45) is 1.02. The van der Waals surface area contributed by atoms with Crippen LogP contribution in [0.25, 0.3) is 6.08 Å². The molecule has 5 amide bonds. The molecule has 0 saturated carbocycles. The minimum Gasteiger partial charge on any atom is -0.460 e. The number of nitrogens with zero attached hydrogens (tertiary/aromatic N) is 3. The Morgan fingerprint density at radius 3 is 2.44 bits per heavy atom. The monoisotopic (exact) mass is 590 g/mol. The second kappa shape index (κ2) is 13.6. The van der Waals surface area contributed by atoms with E-state index in [1.165, 1.54) is 6.08 Å². The number of hydrogen-bond acceptors (Lipinski definition) is 9. The molecule has 1 saturated heterocycles. The maximum Gasteiger partial charge on any atom is 0.429 e. The number of amides is 5. The van der Waals surface area contributed by atoms with E-state index in [0.29, 0.717) is 34.2 Å². The number of urea groups is 1. The van der Waals surface area contributed by atoms with Gasteiger partial charge in [0.15, 0.2) is 5.96 Å². The molecule has 2 aliphatic rings. The number of carbonyl (C=O) groups is 5. The first-order valence-electron chi connectivity index (χ1n) is 13.8. The first-order chi connectivity index (χ1) is 20.5. The van der Waals surface area contributed by atoms with Gasteiger partial charge in [-0.2, -0.15) is 5.01 Å². The van der Waals surface area contributed by atoms with Gasteiger partial charge in [-0.05, 0) is 56.5 Å². The lowest BCUT2D eigenvalue weighted by atomic mass is 10.1. The highest BCUT2D eigenvalue weighted by molar-refractivity contribution is 6.14. The second-order valence-electron chi connectivity index (χ2n) is 10.7. The summed E-state index contributed by atoms with van der Waals surface area (Å²) in [7, 11) is 0. The number of esters is 1. The van der Waals surface area contributed by atoms with Crippen LogP contribution in [-0.2, 0) is 25.7 Å². The highest BCUT2D eigenvalue weighted by Gasteiger charge is 2.41. The Hall–Kier alpha value is -5.20. The lowest BCUT2D eigenvalue weighted by Crippen LogP contribution is -2.51. The van der Waals surface area contributed by atoms with Crippen molar-refractivity contribution in [2.75, 3.05) is 19.6 Å². The molecule has 0 aromatic heterocycles. The molecule has 1 fully saturated rings. The van der Waals surface area contributed by atoms with Crippen molar-refractivity contribution < 1.29 is 33.4 Å². The van der Waals surface area contributed by atoms with Gasteiger partial charge in [0.05, 0.1) is 13.0 Å². The molecule has 0 spiro atoms. The predicted molar refractivity (Wildman–Crippen MR) is 156 cm³/mol. The number of aliphatic imine (C=N–C) groups is 1. The quantitative estimate of drug-likeness (QED) is 0.241. The normalized spacial score (nSPS) is 15.7. The Labute approximate surface area is 248 Å². The van der Waals surface area contributed by atoms with Gasteiger partial charge in [0, 0.05) is 18.7 Å². The lowest BCUT2D eigenvalue weighted by Gasteiger charge is -2.28. The van der Waals surface area contributed by atoms with Crippen LogP contribution < -0.4 is 16.0 Å². The molecule has 0 unspecified atom stereocenters. The van der Waals surface area contributed by atoms with Crippen molar-refractivity contribution >= 4 is 41.9 Å². The SMILES string of the molecule is CC(C)(C)OC(=O)CCN(C(=O)OCc1ccccc1)N1C(=O)NC(=Cc2ccc(C(=O)NC3=NCCCN3)cc2)C1=O. The lowest BCUT2D eigenvalue weighted by molar-refractivity contribution is -0.156. The molecule has 0 bridgehead atoms. The largest absolute Gasteiger partial charge is 0.460 e. The molecule has 3 N–H and O–H groups in total. The van der Waals surface area contributed by atoms with Crippen LogP contribution in [0.3, 0.4) is 0 Å². The molecule has 2 aromatic carbocycles. The number of rotatable bonds is 8. The van der Waals surface area contributed by atoms with Crippen LogP contribution in [0.15, 0.2) is 65.3 Å². The third kappa shape index (κ3) is 8.64. The summed E-state index contributed by atoms with van der Waals surface area (Å²) in [5.41, 5.74) is 0.711. The standard InChI is InChI=1S/C30H34N6O7/c1-30(2,3)43-24(37)14-17-35(29(41)42-19-21-8-5-4-6-9-21)36-26(39)23(33-28(36)40)18-20-10-12-22(13-11-20)25(38)34-27-31-15-7-16-32-27/h4-6,8-13,18H,7,14-17,19H2,1-3H3,(H,33,40)(H2,31,32,34,38). The fraction of sp³-hybridized carbons (Fsp3) is 0.333. The van der Waals surface area contributed by atoms with Crippen LogP contribution in [0.1, 0.15) is 55.1 Å². The number of benzene rings is 2. The average molecular weight is 591 g/mol. The maximum absolute atomic E-state index is 13.3. The molecule has 0 aliphatic carbocycles. The van der Waals surface area contributed by atoms with Gasteiger partial charge in [-0.3, -0.25) is 24.7 Å². The molecular weight excluding hydrogens is 556 g/mol. The van der Waals surface area contributed by atoms with E-state index < -0.39 is 29.6 Å². The Balaban J connectivity index is 1.47. The Kier molecular flexibility index (Phi) is 9.76. The molecule has 2 heterocycles. The van der Waals surface area contributed by atoms with Crippen molar-refractivity contribution in [3.05, 3.63) is 77.0 Å². The van der Waals surface area contributed by atoms with Gasteiger partial charge >= 0.3 is 18.1 Å². The van der Waals surface area contributed by atoms with Crippen LogP contribution in [0.2, 0.25) is 0 Å². The zero-order chi connectivity index (χ0) is 31.0. The number of nitrogens with one attached hydrogen (secondary N) is 3. The van der Waals surface area contributed by atoms with Gasteiger partial charge in [-0.25, -0.2) is 14.6 Å². The molecule has 226 valence electrons. The Morgan fingerprint density at radius 2 is 1.79 bits per heavy atom. The van der Waals surface area contributed by atoms with Gasteiger partial charge in [-0.1, -0.05) is 42.5 Å². The summed E-state index contributed by atoms with van der Waals surface area (Å²) in [4.78, 5) is 68.5. The summed E-state index contributed by atoms with van der Waals surface area (Å²) in [6.45, 7) is 6.00. The first-order valence-corrected chi connectivity index (χ1v) is 13.8. The summed E-state index contributed by atoms with van der Waals surface area (Å²) < 4.78 is 10.7. The first kappa shape index (κ1) is 30.8. The van der Waals surface area contributed by atoms with E-state index in [2.05, 4.69) is 20.9 Å². The molecule has 43 heavy (non-hydrogen) atoms. The van der Waals surface area contributed by atoms with E-state index in [0.717, 1.165) is 18.0 Å². The molecule has 13 heteroatoms. The van der Waals surface area contributed by atoms with Crippen molar-refractivity contribution in [3.8, 4) is 0 Å². The summed E-state index contributed by atoms with van der Waals surface area (Å²) >= 11 is 0. The van der Waals surface area contributed by atoms with Gasteiger partial charge in [0.1, 0.15) is 17.9 Å². The van der Waals surface area contributed by atoms with Crippen molar-refractivity contribution in [2.24, 2.45) is 4.99 Å². The minimum atomic E-state index is -0.996. The van der Waals surface area contributed by atoms with Crippen molar-refractivity contribution in [2.45, 2.75) is 45.8 Å². The number of carbonyl (C=O) groups excluding carboxylic acids is 5. The van der Waals surface area contributed by atoms with Gasteiger partial charge in [0.2, 0.25) is 0 Å². The van der Waals surface area contributed by atoms with Crippen LogP contribution in [0.4, 0.5) is 9.59 Å². The molecule has 0 atom stereocenters. The van der Waals surface area contributed by atoms with E-state index in [1.807, 2.05) is 6.07 Å². The highest BCUT2D eigenvalue weighted by Crippen LogP contribution is 2.19. The predicted octanol–water partition coefficient (Wildman–Crippen LogP) is 2.94. The van der Waals surface area contributed by atoms with Crippen molar-refractivity contribution in [3.63, 3.8) is 0 Å². The zero-order valence-electron chi connectivity index (χ0n) is 24.2. The third-order valence-corrected chi connectivity index (χ3v) is 6.07. The van der Waals surface area contributed by atoms with Gasteiger partial charge in [0.25, 0.3) is 11.8 Å². The highest BCUT2D eigenvalue weighted by atomic mass is 16.6. The number of ether oxygens (including phenoxy) is 2. The Bertz CT molecular complexity index is 1430. The van der Waals surface area contributed by atoms with Gasteiger partial charge < -0.3 is 20.1 Å². The smallest absolute Gasteiger partial charge is 0.429 e. The van der Waals surface area contributed by atoms with E-state index in [-0.39, 0.29) is 31.2 Å². The Morgan fingerprint density at radius 1 is 1.07 bits per heavy atom. The summed E-state index contributed by atoms with van der Waals surface area (Å²) in [5.74, 6) is -1.38. The molecule has 4 rings (SSSR count). The number of hydrogen-bond donors (Lipinski definition) is 3. The molecule has 2 aromatic rings. The molecule has 2 aliphatic heterocycles. The van der Waals surface area contributed by atoms with Gasteiger partial charge in [-0.15, -0.1) is 0 Å². The minimum absolute atomic E-state index is 0.110. The second-order valence-corrected chi connectivity index (χ2v) is 10.7. The fourth-order valence-corrected chi connectivity index (χ4v) is 4.09. The zero-order valence-corrected chi connectivity index (χ0v) is 24.2. The molecule has 13 nitrogen and oxygen atoms in total. The third-order valence-electron chi connectivity index (χ3n) is 6.07. The topological polar surface area (TPSA) is 159 Å². The molecule has 0 radical (unpaired) electrons. The van der Waals surface area contributed by atoms with Crippen LogP contribution in [0, 0.1) is 0 Å². The van der Waals surface area contributed by atoms with E-state index in [1.54, 1.807) is 69.3 Å². The summed E-state index contributed by atoms with van der Waals surface area (Å²) in [6, 6.07) is 14.3. The van der Waals surface area contributed by atoms with E-state index in [4.69, 9.17) is 9.47 Å². The van der Waals surface area contributed by atoms with Crippen LogP contribution in [0.5, 0.6) is 0 Å². The van der Waals surface area contributed by atoms with Crippen molar-refractivity contribution in [1.82, 2.24) is 26.0 Å². The maximum atomic E-state index is 13.3. The number of guanidine groups is 1.